The Kier molecular flexibility index (Phi) is 5.80. The fraction of sp³-hybridized carbons (Fsp3) is 0.0667. The molecule has 2 N–H and O–H groups in total. The molecule has 26 heavy (non-hydrogen) atoms. The van der Waals surface area contributed by atoms with Gasteiger partial charge in [0.1, 0.15) is 5.02 Å². The zero-order chi connectivity index (χ0) is 19.4. The minimum atomic E-state index is -0.698. The third kappa shape index (κ3) is 4.49. The molecule has 0 aliphatic heterocycles. The number of hydrogen-bond acceptors (Lipinski definition) is 6. The van der Waals surface area contributed by atoms with E-state index in [0.717, 1.165) is 6.07 Å². The van der Waals surface area contributed by atoms with Crippen LogP contribution < -0.4 is 10.6 Å². The molecule has 0 aliphatic carbocycles. The van der Waals surface area contributed by atoms with E-state index in [-0.39, 0.29) is 21.4 Å². The van der Waals surface area contributed by atoms with E-state index in [0.29, 0.717) is 11.3 Å². The number of anilines is 1. The highest BCUT2D eigenvalue weighted by molar-refractivity contribution is 7.80. The van der Waals surface area contributed by atoms with Gasteiger partial charge >= 0.3 is 0 Å². The van der Waals surface area contributed by atoms with Gasteiger partial charge in [-0.05, 0) is 42.9 Å². The van der Waals surface area contributed by atoms with Crippen molar-refractivity contribution in [2.75, 3.05) is 5.32 Å². The number of carbonyl (C=O) groups excluding carboxylic acids is 1. The number of carbonyl (C=O) groups is 1. The van der Waals surface area contributed by atoms with E-state index < -0.39 is 21.4 Å². The van der Waals surface area contributed by atoms with Crippen molar-refractivity contribution in [3.63, 3.8) is 0 Å². The minimum Gasteiger partial charge on any atom is -0.332 e. The van der Waals surface area contributed by atoms with E-state index in [2.05, 4.69) is 10.6 Å². The molecular weight excluding hydrogens is 384 g/mol. The van der Waals surface area contributed by atoms with Crippen LogP contribution >= 0.6 is 23.8 Å². The molecule has 0 heterocycles. The number of nitro benzene ring substituents is 2. The molecule has 2 rings (SSSR count). The van der Waals surface area contributed by atoms with Gasteiger partial charge in [0.05, 0.1) is 9.85 Å². The highest BCUT2D eigenvalue weighted by atomic mass is 35.5. The number of rotatable bonds is 4. The van der Waals surface area contributed by atoms with E-state index in [9.17, 15) is 25.0 Å². The van der Waals surface area contributed by atoms with Gasteiger partial charge < -0.3 is 5.32 Å². The van der Waals surface area contributed by atoms with Gasteiger partial charge in [0.2, 0.25) is 0 Å². The van der Waals surface area contributed by atoms with Crippen molar-refractivity contribution in [2.24, 2.45) is 0 Å². The molecule has 0 spiro atoms. The predicted molar refractivity (Wildman–Crippen MR) is 99.6 cm³/mol. The maximum absolute atomic E-state index is 12.2. The summed E-state index contributed by atoms with van der Waals surface area (Å²) in [5, 5.41) is 26.6. The summed E-state index contributed by atoms with van der Waals surface area (Å²) in [6, 6.07) is 7.71. The Morgan fingerprint density at radius 1 is 1.12 bits per heavy atom. The van der Waals surface area contributed by atoms with E-state index in [1.54, 1.807) is 6.92 Å². The number of amides is 1. The molecule has 0 radical (unpaired) electrons. The Labute approximate surface area is 157 Å². The van der Waals surface area contributed by atoms with E-state index in [4.69, 9.17) is 23.8 Å². The van der Waals surface area contributed by atoms with E-state index >= 15 is 0 Å². The Bertz CT molecular complexity index is 934. The average Bonchev–Trinajstić information content (AvgIpc) is 2.56. The average molecular weight is 395 g/mol. The molecule has 0 bridgehead atoms. The Hall–Kier alpha value is -3.11. The van der Waals surface area contributed by atoms with Crippen LogP contribution in [0.2, 0.25) is 5.02 Å². The van der Waals surface area contributed by atoms with Crippen LogP contribution in [-0.2, 0) is 0 Å². The molecule has 0 aromatic heterocycles. The van der Waals surface area contributed by atoms with Gasteiger partial charge in [0.25, 0.3) is 17.3 Å². The molecule has 0 saturated heterocycles. The molecular formula is C15H11ClN4O5S. The van der Waals surface area contributed by atoms with Crippen molar-refractivity contribution < 1.29 is 14.6 Å². The first-order valence-electron chi connectivity index (χ1n) is 7.00. The number of aryl methyl sites for hydroxylation is 1. The van der Waals surface area contributed by atoms with Crippen molar-refractivity contribution in [2.45, 2.75) is 6.92 Å². The largest absolute Gasteiger partial charge is 0.332 e. The quantitative estimate of drug-likeness (QED) is 0.460. The number of non-ortho nitro benzene ring substituents is 1. The Morgan fingerprint density at radius 2 is 1.81 bits per heavy atom. The van der Waals surface area contributed by atoms with Crippen LogP contribution in [0, 0.1) is 27.2 Å². The molecule has 2 aromatic rings. The van der Waals surface area contributed by atoms with Crippen LogP contribution in [0.4, 0.5) is 17.1 Å². The molecule has 0 fully saturated rings. The lowest BCUT2D eigenvalue weighted by Crippen LogP contribution is -2.34. The number of hydrogen-bond donors (Lipinski definition) is 2. The summed E-state index contributed by atoms with van der Waals surface area (Å²) >= 11 is 10.7. The lowest BCUT2D eigenvalue weighted by atomic mass is 10.2. The van der Waals surface area contributed by atoms with Crippen LogP contribution in [0.15, 0.2) is 36.4 Å². The van der Waals surface area contributed by atoms with Crippen molar-refractivity contribution in [3.05, 3.63) is 72.8 Å². The topological polar surface area (TPSA) is 127 Å². The second-order valence-electron chi connectivity index (χ2n) is 5.09. The molecule has 0 aliphatic rings. The lowest BCUT2D eigenvalue weighted by molar-refractivity contribution is -0.385. The summed E-state index contributed by atoms with van der Waals surface area (Å²) in [7, 11) is 0. The van der Waals surface area contributed by atoms with Gasteiger partial charge in [-0.25, -0.2) is 0 Å². The first kappa shape index (κ1) is 19.2. The molecule has 11 heteroatoms. The normalized spacial score (nSPS) is 10.1. The van der Waals surface area contributed by atoms with Crippen LogP contribution in [0.1, 0.15) is 15.9 Å². The number of thiocarbonyl (C=S) groups is 1. The molecule has 0 atom stereocenters. The summed E-state index contributed by atoms with van der Waals surface area (Å²) in [5.74, 6) is -0.665. The maximum atomic E-state index is 12.2. The SMILES string of the molecule is Cc1cc([N+](=O)[O-])ccc1NC(=S)NC(=O)c1ccc(Cl)c([N+](=O)[O-])c1. The number of halogens is 1. The zero-order valence-corrected chi connectivity index (χ0v) is 14.8. The number of benzene rings is 2. The highest BCUT2D eigenvalue weighted by Crippen LogP contribution is 2.25. The molecule has 1 amide bonds. The van der Waals surface area contributed by atoms with Crippen LogP contribution in [0.25, 0.3) is 0 Å². The fourth-order valence-corrected chi connectivity index (χ4v) is 2.41. The number of nitrogens with zero attached hydrogens (tertiary/aromatic N) is 2. The zero-order valence-electron chi connectivity index (χ0n) is 13.2. The summed E-state index contributed by atoms with van der Waals surface area (Å²) in [6.07, 6.45) is 0. The summed E-state index contributed by atoms with van der Waals surface area (Å²) < 4.78 is 0. The van der Waals surface area contributed by atoms with Crippen LogP contribution in [-0.4, -0.2) is 20.9 Å². The smallest absolute Gasteiger partial charge is 0.288 e. The van der Waals surface area contributed by atoms with Crippen molar-refractivity contribution in [1.82, 2.24) is 5.32 Å². The van der Waals surface area contributed by atoms with E-state index in [1.165, 1.54) is 30.3 Å². The number of nitrogens with one attached hydrogen (secondary N) is 2. The third-order valence-electron chi connectivity index (χ3n) is 3.30. The minimum absolute atomic E-state index is 0.00525. The molecule has 2 aromatic carbocycles. The van der Waals surface area contributed by atoms with Gasteiger partial charge in [0.15, 0.2) is 5.11 Å². The molecule has 0 saturated carbocycles. The Balaban J connectivity index is 2.10. The second-order valence-corrected chi connectivity index (χ2v) is 5.90. The standard InChI is InChI=1S/C15H11ClN4O5S/c1-8-6-10(19(22)23)3-5-12(8)17-15(26)18-14(21)9-2-4-11(16)13(7-9)20(24)25/h2-7H,1H3,(H2,17,18,21,26). The van der Waals surface area contributed by atoms with Crippen molar-refractivity contribution in [1.29, 1.82) is 0 Å². The van der Waals surface area contributed by atoms with Gasteiger partial charge in [0, 0.05) is 29.4 Å². The molecule has 134 valence electrons. The maximum Gasteiger partial charge on any atom is 0.288 e. The lowest BCUT2D eigenvalue weighted by Gasteiger charge is -2.11. The Morgan fingerprint density at radius 3 is 2.38 bits per heavy atom. The summed E-state index contributed by atoms with van der Waals surface area (Å²) in [4.78, 5) is 32.6. The van der Waals surface area contributed by atoms with E-state index in [1.807, 2.05) is 0 Å². The first-order valence-corrected chi connectivity index (χ1v) is 7.79. The van der Waals surface area contributed by atoms with Gasteiger partial charge in [-0.15, -0.1) is 0 Å². The summed E-state index contributed by atoms with van der Waals surface area (Å²) in [5.41, 5.74) is 0.562. The second kappa shape index (κ2) is 7.85. The van der Waals surface area contributed by atoms with Gasteiger partial charge in [-0.3, -0.25) is 30.3 Å². The van der Waals surface area contributed by atoms with Crippen LogP contribution in [0.5, 0.6) is 0 Å². The fourth-order valence-electron chi connectivity index (χ4n) is 2.02. The third-order valence-corrected chi connectivity index (χ3v) is 3.82. The van der Waals surface area contributed by atoms with Crippen molar-refractivity contribution >= 4 is 51.9 Å². The van der Waals surface area contributed by atoms with Crippen molar-refractivity contribution in [3.8, 4) is 0 Å². The van der Waals surface area contributed by atoms with Gasteiger partial charge in [-0.2, -0.15) is 0 Å². The monoisotopic (exact) mass is 394 g/mol. The van der Waals surface area contributed by atoms with Crippen LogP contribution in [0.3, 0.4) is 0 Å². The first-order chi connectivity index (χ1) is 12.2. The number of nitro groups is 2. The van der Waals surface area contributed by atoms with Gasteiger partial charge in [-0.1, -0.05) is 11.6 Å². The predicted octanol–water partition coefficient (Wildman–Crippen LogP) is 3.59. The highest BCUT2D eigenvalue weighted by Gasteiger charge is 2.17. The molecule has 0 unspecified atom stereocenters. The summed E-state index contributed by atoms with van der Waals surface area (Å²) in [6.45, 7) is 1.64. The molecule has 9 nitrogen and oxygen atoms in total.